The predicted octanol–water partition coefficient (Wildman–Crippen LogP) is 2.89. The molecule has 0 aliphatic rings. The lowest BCUT2D eigenvalue weighted by molar-refractivity contribution is 0.0989. The Labute approximate surface area is 79.8 Å². The quantitative estimate of drug-likeness (QED) is 0.560. The van der Waals surface area contributed by atoms with Gasteiger partial charge in [-0.2, -0.15) is 0 Å². The van der Waals surface area contributed by atoms with Gasteiger partial charge in [0, 0.05) is 17.7 Å². The highest BCUT2D eigenvalue weighted by molar-refractivity contribution is 6.00. The molecule has 2 nitrogen and oxygen atoms in total. The molecule has 0 fully saturated rings. The van der Waals surface area contributed by atoms with E-state index >= 15 is 0 Å². The summed E-state index contributed by atoms with van der Waals surface area (Å²) in [5.74, 6) is 0.100. The Morgan fingerprint density at radius 1 is 1.31 bits per heavy atom. The summed E-state index contributed by atoms with van der Waals surface area (Å²) in [4.78, 5) is 11.2. The summed E-state index contributed by atoms with van der Waals surface area (Å²) in [5, 5.41) is 0. The maximum absolute atomic E-state index is 11.2. The summed E-state index contributed by atoms with van der Waals surface area (Å²) in [6, 6.07) is 7.13. The van der Waals surface area contributed by atoms with Crippen LogP contribution in [0.4, 0.5) is 5.69 Å². The zero-order valence-corrected chi connectivity index (χ0v) is 8.50. The lowest BCUT2D eigenvalue weighted by atomic mass is 10.1. The number of nitrogens with two attached hydrogens (primary N) is 1. The molecule has 0 atom stereocenters. The molecule has 1 aromatic carbocycles. The first-order valence-corrected chi connectivity index (χ1v) is 4.63. The van der Waals surface area contributed by atoms with E-state index in [4.69, 9.17) is 5.73 Å². The van der Waals surface area contributed by atoms with E-state index in [-0.39, 0.29) is 5.78 Å². The monoisotopic (exact) mass is 179 g/mol. The average molecular weight is 179 g/mol. The van der Waals surface area contributed by atoms with Gasteiger partial charge < -0.3 is 5.73 Å². The number of hydrogen-bond acceptors (Lipinski definition) is 2. The maximum Gasteiger partial charge on any atom is 0.164 e. The molecule has 1 rings (SSSR count). The third-order valence-corrected chi connectivity index (χ3v) is 1.58. The van der Waals surface area contributed by atoms with E-state index in [0.717, 1.165) is 0 Å². The topological polar surface area (TPSA) is 43.1 Å². The lowest BCUT2D eigenvalue weighted by Gasteiger charge is -2.00. The van der Waals surface area contributed by atoms with Crippen molar-refractivity contribution < 1.29 is 4.79 Å². The lowest BCUT2D eigenvalue weighted by Crippen LogP contribution is -2.01. The molecule has 0 aliphatic carbocycles. The van der Waals surface area contributed by atoms with Crippen LogP contribution < -0.4 is 5.73 Å². The van der Waals surface area contributed by atoms with Crippen molar-refractivity contribution in [3.8, 4) is 0 Å². The first-order chi connectivity index (χ1) is 6.25. The zero-order chi connectivity index (χ0) is 10.3. The molecule has 0 saturated carbocycles. The zero-order valence-electron chi connectivity index (χ0n) is 8.50. The van der Waals surface area contributed by atoms with Crippen LogP contribution in [-0.2, 0) is 0 Å². The van der Waals surface area contributed by atoms with Crippen LogP contribution in [0, 0.1) is 0 Å². The molecule has 0 spiro atoms. The molecular weight excluding hydrogens is 162 g/mol. The van der Waals surface area contributed by atoms with E-state index in [2.05, 4.69) is 0 Å². The maximum atomic E-state index is 11.2. The minimum absolute atomic E-state index is 0.100. The highest BCUT2D eigenvalue weighted by Crippen LogP contribution is 2.11. The standard InChI is InChI=1S/C9H11NO.C2H6/c1-2-9(11)7-5-3-4-6-8(7)10;1-2/h3-6H,2,10H2,1H3;1-2H3. The van der Waals surface area contributed by atoms with Gasteiger partial charge in [0.1, 0.15) is 0 Å². The SMILES string of the molecule is CC.CCC(=O)c1ccccc1N. The van der Waals surface area contributed by atoms with Crippen molar-refractivity contribution in [1.82, 2.24) is 0 Å². The van der Waals surface area contributed by atoms with Crippen molar-refractivity contribution in [2.24, 2.45) is 0 Å². The number of carbonyl (C=O) groups is 1. The Hall–Kier alpha value is -1.31. The number of carbonyl (C=O) groups excluding carboxylic acids is 1. The van der Waals surface area contributed by atoms with Gasteiger partial charge in [-0.25, -0.2) is 0 Å². The number of Topliss-reactive ketones (excluding diaryl/α,β-unsaturated/α-hetero) is 1. The molecule has 0 unspecified atom stereocenters. The van der Waals surface area contributed by atoms with Crippen LogP contribution in [0.3, 0.4) is 0 Å². The summed E-state index contributed by atoms with van der Waals surface area (Å²) < 4.78 is 0. The van der Waals surface area contributed by atoms with Crippen LogP contribution in [0.5, 0.6) is 0 Å². The second-order valence-corrected chi connectivity index (χ2v) is 2.36. The van der Waals surface area contributed by atoms with Crippen molar-refractivity contribution in [3.05, 3.63) is 29.8 Å². The summed E-state index contributed by atoms with van der Waals surface area (Å²) in [6.07, 6.45) is 0.508. The second-order valence-electron chi connectivity index (χ2n) is 2.36. The summed E-state index contributed by atoms with van der Waals surface area (Å²) in [5.41, 5.74) is 6.78. The van der Waals surface area contributed by atoms with Crippen molar-refractivity contribution in [1.29, 1.82) is 0 Å². The second kappa shape index (κ2) is 6.23. The van der Waals surface area contributed by atoms with Crippen LogP contribution in [0.25, 0.3) is 0 Å². The van der Waals surface area contributed by atoms with Gasteiger partial charge in [0.25, 0.3) is 0 Å². The minimum atomic E-state index is 0.100. The van der Waals surface area contributed by atoms with E-state index in [9.17, 15) is 4.79 Å². The Morgan fingerprint density at radius 3 is 2.31 bits per heavy atom. The molecule has 13 heavy (non-hydrogen) atoms. The fourth-order valence-electron chi connectivity index (χ4n) is 0.941. The Balaban J connectivity index is 0.000000671. The van der Waals surface area contributed by atoms with Crippen molar-refractivity contribution >= 4 is 11.5 Å². The molecule has 0 heterocycles. The fraction of sp³-hybridized carbons (Fsp3) is 0.364. The van der Waals surface area contributed by atoms with Crippen LogP contribution in [-0.4, -0.2) is 5.78 Å². The summed E-state index contributed by atoms with van der Waals surface area (Å²) in [6.45, 7) is 5.83. The normalized spacial score (nSPS) is 8.54. The fourth-order valence-corrected chi connectivity index (χ4v) is 0.941. The molecule has 2 N–H and O–H groups in total. The molecule has 0 saturated heterocycles. The van der Waals surface area contributed by atoms with Gasteiger partial charge in [-0.05, 0) is 12.1 Å². The largest absolute Gasteiger partial charge is 0.398 e. The van der Waals surface area contributed by atoms with Gasteiger partial charge in [0.05, 0.1) is 0 Å². The Morgan fingerprint density at radius 2 is 1.85 bits per heavy atom. The van der Waals surface area contributed by atoms with Crippen molar-refractivity contribution in [2.45, 2.75) is 27.2 Å². The number of hydrogen-bond donors (Lipinski definition) is 1. The van der Waals surface area contributed by atoms with Crippen molar-refractivity contribution in [3.63, 3.8) is 0 Å². The van der Waals surface area contributed by atoms with Crippen molar-refractivity contribution in [2.75, 3.05) is 5.73 Å². The van der Waals surface area contributed by atoms with Crippen LogP contribution in [0.2, 0.25) is 0 Å². The van der Waals surface area contributed by atoms with E-state index in [1.807, 2.05) is 32.9 Å². The van der Waals surface area contributed by atoms with Crippen LogP contribution in [0.15, 0.2) is 24.3 Å². The third-order valence-electron chi connectivity index (χ3n) is 1.58. The van der Waals surface area contributed by atoms with Crippen LogP contribution in [0.1, 0.15) is 37.6 Å². The molecule has 72 valence electrons. The molecule has 2 heteroatoms. The molecule has 0 amide bonds. The number of anilines is 1. The third kappa shape index (κ3) is 3.28. The van der Waals surface area contributed by atoms with E-state index in [0.29, 0.717) is 17.7 Å². The smallest absolute Gasteiger partial charge is 0.164 e. The average Bonchev–Trinajstić information content (AvgIpc) is 2.20. The molecule has 0 bridgehead atoms. The number of benzene rings is 1. The van der Waals surface area contributed by atoms with E-state index < -0.39 is 0 Å². The first-order valence-electron chi connectivity index (χ1n) is 4.63. The number of ketones is 1. The van der Waals surface area contributed by atoms with Gasteiger partial charge in [0.15, 0.2) is 5.78 Å². The first kappa shape index (κ1) is 11.7. The molecular formula is C11H17NO. The van der Waals surface area contributed by atoms with Crippen LogP contribution >= 0.6 is 0 Å². The van der Waals surface area contributed by atoms with Gasteiger partial charge in [-0.1, -0.05) is 32.9 Å². The summed E-state index contributed by atoms with van der Waals surface area (Å²) in [7, 11) is 0. The highest BCUT2D eigenvalue weighted by Gasteiger charge is 2.04. The van der Waals surface area contributed by atoms with Gasteiger partial charge in [0.2, 0.25) is 0 Å². The predicted molar refractivity (Wildman–Crippen MR) is 56.8 cm³/mol. The molecule has 0 aliphatic heterocycles. The van der Waals surface area contributed by atoms with Gasteiger partial charge in [-0.3, -0.25) is 4.79 Å². The van der Waals surface area contributed by atoms with Gasteiger partial charge in [-0.15, -0.1) is 0 Å². The minimum Gasteiger partial charge on any atom is -0.398 e. The Bertz CT molecular complexity index is 269. The molecule has 1 aromatic rings. The summed E-state index contributed by atoms with van der Waals surface area (Å²) >= 11 is 0. The molecule has 0 aromatic heterocycles. The highest BCUT2D eigenvalue weighted by atomic mass is 16.1. The van der Waals surface area contributed by atoms with E-state index in [1.54, 1.807) is 12.1 Å². The Kier molecular flexibility index (Phi) is 5.60. The molecule has 0 radical (unpaired) electrons. The van der Waals surface area contributed by atoms with Gasteiger partial charge >= 0.3 is 0 Å². The number of nitrogen functional groups attached to an aromatic ring is 1. The number of para-hydroxylation sites is 1. The number of rotatable bonds is 2. The van der Waals surface area contributed by atoms with E-state index in [1.165, 1.54) is 0 Å².